The van der Waals surface area contributed by atoms with Crippen LogP contribution in [-0.4, -0.2) is 42.1 Å². The van der Waals surface area contributed by atoms with Crippen LogP contribution in [0.3, 0.4) is 0 Å². The number of anilines is 1. The van der Waals surface area contributed by atoms with Crippen LogP contribution in [0.2, 0.25) is 19.6 Å². The summed E-state index contributed by atoms with van der Waals surface area (Å²) < 4.78 is 42.1. The van der Waals surface area contributed by atoms with Crippen LogP contribution >= 0.6 is 0 Å². The Kier molecular flexibility index (Phi) is 8.17. The minimum Gasteiger partial charge on any atom is -0.406 e. The van der Waals surface area contributed by atoms with E-state index in [2.05, 4.69) is 46.0 Å². The molecule has 1 saturated heterocycles. The second kappa shape index (κ2) is 11.3. The fourth-order valence-electron chi connectivity index (χ4n) is 4.37. The molecule has 2 heterocycles. The summed E-state index contributed by atoms with van der Waals surface area (Å²) in [6.45, 7) is 10.2. The summed E-state index contributed by atoms with van der Waals surface area (Å²) in [6.07, 6.45) is -4.90. The SMILES string of the molecule is CC(C)c1ccc(C(=O)C2C(=O)C(=O)N(c3ccc(C#C[Si](C)(C)C)nn3)C2c2ccc(OC(F)(F)F)cc2)cc1. The predicted molar refractivity (Wildman–Crippen MR) is 149 cm³/mol. The summed E-state index contributed by atoms with van der Waals surface area (Å²) >= 11 is 0. The lowest BCUT2D eigenvalue weighted by Crippen LogP contribution is -2.31. The van der Waals surface area contributed by atoms with Crippen molar-refractivity contribution in [3.63, 3.8) is 0 Å². The fraction of sp³-hybridized carbons (Fsp3) is 0.300. The highest BCUT2D eigenvalue weighted by Gasteiger charge is 2.53. The van der Waals surface area contributed by atoms with E-state index in [1.54, 1.807) is 30.3 Å². The number of carbonyl (C=O) groups excluding carboxylic acids is 3. The highest BCUT2D eigenvalue weighted by Crippen LogP contribution is 2.41. The molecule has 7 nitrogen and oxygen atoms in total. The van der Waals surface area contributed by atoms with Gasteiger partial charge in [-0.3, -0.25) is 19.3 Å². The van der Waals surface area contributed by atoms with Gasteiger partial charge in [-0.2, -0.15) is 0 Å². The summed E-state index contributed by atoms with van der Waals surface area (Å²) in [7, 11) is -1.69. The van der Waals surface area contributed by atoms with E-state index >= 15 is 0 Å². The van der Waals surface area contributed by atoms with E-state index in [1.165, 1.54) is 18.2 Å². The van der Waals surface area contributed by atoms with E-state index < -0.39 is 49.6 Å². The summed E-state index contributed by atoms with van der Waals surface area (Å²) in [5.74, 6) is -1.28. The van der Waals surface area contributed by atoms with Crippen molar-refractivity contribution in [3.8, 4) is 17.2 Å². The third-order valence-electron chi connectivity index (χ3n) is 6.37. The number of alkyl halides is 3. The molecule has 2 unspecified atom stereocenters. The average molecular weight is 580 g/mol. The Bertz CT molecular complexity index is 1520. The van der Waals surface area contributed by atoms with Crippen LogP contribution < -0.4 is 9.64 Å². The minimum atomic E-state index is -4.90. The maximum absolute atomic E-state index is 13.7. The first kappa shape index (κ1) is 29.7. The molecule has 2 atom stereocenters. The van der Waals surface area contributed by atoms with Gasteiger partial charge in [0.25, 0.3) is 5.91 Å². The van der Waals surface area contributed by atoms with Crippen LogP contribution in [-0.2, 0) is 9.59 Å². The Morgan fingerprint density at radius 2 is 1.59 bits per heavy atom. The Morgan fingerprint density at radius 3 is 2.10 bits per heavy atom. The van der Waals surface area contributed by atoms with Gasteiger partial charge in [0.1, 0.15) is 25.4 Å². The lowest BCUT2D eigenvalue weighted by Gasteiger charge is -2.26. The lowest BCUT2D eigenvalue weighted by molar-refractivity contribution is -0.274. The molecule has 1 aromatic heterocycles. The normalized spacial score (nSPS) is 17.4. The fourth-order valence-corrected chi connectivity index (χ4v) is 4.87. The van der Waals surface area contributed by atoms with Gasteiger partial charge in [-0.25, -0.2) is 0 Å². The molecule has 0 bridgehead atoms. The van der Waals surface area contributed by atoms with Crippen molar-refractivity contribution in [2.24, 2.45) is 5.92 Å². The van der Waals surface area contributed by atoms with Gasteiger partial charge in [0.2, 0.25) is 5.78 Å². The molecule has 0 radical (unpaired) electrons. The molecule has 2 aromatic carbocycles. The van der Waals surface area contributed by atoms with Gasteiger partial charge >= 0.3 is 6.36 Å². The molecular weight excluding hydrogens is 551 g/mol. The van der Waals surface area contributed by atoms with E-state index in [0.29, 0.717) is 5.69 Å². The van der Waals surface area contributed by atoms with Gasteiger partial charge in [-0.1, -0.05) is 75.8 Å². The molecule has 3 aromatic rings. The van der Waals surface area contributed by atoms with E-state index in [-0.39, 0.29) is 22.9 Å². The molecular formula is C30H28F3N3O4Si. The second-order valence-corrected chi connectivity index (χ2v) is 15.7. The van der Waals surface area contributed by atoms with E-state index in [9.17, 15) is 27.6 Å². The zero-order valence-electron chi connectivity index (χ0n) is 23.1. The molecule has 212 valence electrons. The molecule has 0 saturated carbocycles. The average Bonchev–Trinajstić information content (AvgIpc) is 3.16. The second-order valence-electron chi connectivity index (χ2n) is 11.0. The van der Waals surface area contributed by atoms with Crippen molar-refractivity contribution in [1.29, 1.82) is 0 Å². The number of ether oxygens (including phenoxy) is 1. The standard InChI is InChI=1S/C30H28F3N3O4Si/c1-18(2)19-6-8-21(9-7-19)27(37)25-26(20-10-13-23(14-11-20)40-30(31,32)33)36(29(39)28(25)38)24-15-12-22(34-35-24)16-17-41(3,4)5/h6-15,18,25-26H,1-5H3. The zero-order chi connectivity index (χ0) is 30.1. The van der Waals surface area contributed by atoms with Crippen molar-refractivity contribution in [1.82, 2.24) is 10.2 Å². The number of Topliss-reactive ketones (excluding diaryl/α,β-unsaturated/α-hetero) is 2. The molecule has 1 aliphatic heterocycles. The van der Waals surface area contributed by atoms with Crippen LogP contribution in [0.25, 0.3) is 0 Å². The number of aromatic nitrogens is 2. The van der Waals surface area contributed by atoms with Crippen LogP contribution in [0.4, 0.5) is 19.0 Å². The smallest absolute Gasteiger partial charge is 0.406 e. The maximum atomic E-state index is 13.7. The Hall–Kier alpha value is -4.30. The summed E-state index contributed by atoms with van der Waals surface area (Å²) in [5, 5.41) is 8.20. The van der Waals surface area contributed by atoms with Crippen LogP contribution in [0.5, 0.6) is 5.75 Å². The quantitative estimate of drug-likeness (QED) is 0.119. The van der Waals surface area contributed by atoms with Crippen molar-refractivity contribution >= 4 is 31.4 Å². The monoisotopic (exact) mass is 579 g/mol. The zero-order valence-corrected chi connectivity index (χ0v) is 24.1. The molecule has 1 fully saturated rings. The molecule has 4 rings (SSSR count). The lowest BCUT2D eigenvalue weighted by atomic mass is 9.86. The highest BCUT2D eigenvalue weighted by atomic mass is 28.3. The van der Waals surface area contributed by atoms with Gasteiger partial charge in [0.15, 0.2) is 11.6 Å². The first-order valence-electron chi connectivity index (χ1n) is 12.9. The summed E-state index contributed by atoms with van der Waals surface area (Å²) in [5.41, 5.74) is 5.00. The number of nitrogens with zero attached hydrogens (tertiary/aromatic N) is 3. The van der Waals surface area contributed by atoms with E-state index in [4.69, 9.17) is 0 Å². The number of rotatable bonds is 6. The maximum Gasteiger partial charge on any atom is 0.573 e. The van der Waals surface area contributed by atoms with Crippen molar-refractivity contribution in [2.45, 2.75) is 51.8 Å². The Balaban J connectivity index is 1.77. The van der Waals surface area contributed by atoms with Gasteiger partial charge in [0.05, 0.1) is 6.04 Å². The number of hydrogen-bond acceptors (Lipinski definition) is 6. The number of benzene rings is 2. The molecule has 0 aliphatic carbocycles. The van der Waals surface area contributed by atoms with Crippen LogP contribution in [0.1, 0.15) is 53.0 Å². The van der Waals surface area contributed by atoms with Crippen LogP contribution in [0, 0.1) is 17.4 Å². The third-order valence-corrected chi connectivity index (χ3v) is 7.24. The number of hydrogen-bond donors (Lipinski definition) is 0. The minimum absolute atomic E-state index is 0.00739. The van der Waals surface area contributed by atoms with Crippen LogP contribution in [0.15, 0.2) is 60.7 Å². The first-order valence-corrected chi connectivity index (χ1v) is 16.4. The van der Waals surface area contributed by atoms with Gasteiger partial charge in [-0.05, 0) is 41.3 Å². The van der Waals surface area contributed by atoms with Crippen molar-refractivity contribution in [3.05, 3.63) is 83.0 Å². The first-order chi connectivity index (χ1) is 19.1. The summed E-state index contributed by atoms with van der Waals surface area (Å²) in [4.78, 5) is 41.5. The highest BCUT2D eigenvalue weighted by molar-refractivity contribution is 6.83. The van der Waals surface area contributed by atoms with Crippen molar-refractivity contribution < 1.29 is 32.3 Å². The van der Waals surface area contributed by atoms with Gasteiger partial charge < -0.3 is 4.74 Å². The molecule has 41 heavy (non-hydrogen) atoms. The van der Waals surface area contributed by atoms with Gasteiger partial charge in [0, 0.05) is 5.56 Å². The van der Waals surface area contributed by atoms with E-state index in [1.807, 2.05) is 13.8 Å². The number of ketones is 2. The molecule has 0 spiro atoms. The third kappa shape index (κ3) is 6.89. The molecule has 0 N–H and O–H groups in total. The van der Waals surface area contributed by atoms with Gasteiger partial charge in [-0.15, -0.1) is 28.9 Å². The number of halogens is 3. The largest absolute Gasteiger partial charge is 0.573 e. The number of carbonyl (C=O) groups is 3. The molecule has 11 heteroatoms. The Morgan fingerprint density at radius 1 is 0.951 bits per heavy atom. The van der Waals surface area contributed by atoms with Crippen molar-refractivity contribution in [2.75, 3.05) is 4.90 Å². The number of amides is 1. The Labute approximate surface area is 236 Å². The topological polar surface area (TPSA) is 89.5 Å². The van der Waals surface area contributed by atoms with E-state index in [0.717, 1.165) is 22.6 Å². The summed E-state index contributed by atoms with van der Waals surface area (Å²) in [6, 6.07) is 13.3. The molecule has 1 amide bonds. The predicted octanol–water partition coefficient (Wildman–Crippen LogP) is 5.88. The molecule has 1 aliphatic rings.